The van der Waals surface area contributed by atoms with Crippen LogP contribution >= 0.6 is 0 Å². The van der Waals surface area contributed by atoms with Gasteiger partial charge in [-0.1, -0.05) is 0 Å². The Bertz CT molecular complexity index is 1150. The summed E-state index contributed by atoms with van der Waals surface area (Å²) in [4.78, 5) is 27.4. The van der Waals surface area contributed by atoms with Gasteiger partial charge in [0.15, 0.2) is 0 Å². The van der Waals surface area contributed by atoms with E-state index in [-0.39, 0.29) is 23.9 Å². The molecule has 2 aromatic rings. The van der Waals surface area contributed by atoms with Crippen molar-refractivity contribution in [3.05, 3.63) is 35.9 Å². The highest BCUT2D eigenvalue weighted by Crippen LogP contribution is 2.29. The maximum atomic E-state index is 12.6. The van der Waals surface area contributed by atoms with Crippen molar-refractivity contribution >= 4 is 12.2 Å². The lowest BCUT2D eigenvalue weighted by molar-refractivity contribution is 0.0175. The van der Waals surface area contributed by atoms with E-state index in [1.165, 1.54) is 24.8 Å². The molecule has 2 fully saturated rings. The van der Waals surface area contributed by atoms with E-state index < -0.39 is 36.5 Å². The molecule has 2 saturated heterocycles. The monoisotopic (exact) mass is 632 g/mol. The van der Waals surface area contributed by atoms with Crippen molar-refractivity contribution in [1.29, 1.82) is 0 Å². The second-order valence-electron chi connectivity index (χ2n) is 13.0. The first-order valence-electron chi connectivity index (χ1n) is 14.5. The molecule has 0 bridgehead atoms. The minimum Gasteiger partial charge on any atom is -0.444 e. The zero-order chi connectivity index (χ0) is 33.0. The van der Waals surface area contributed by atoms with Gasteiger partial charge in [-0.3, -0.25) is 0 Å². The van der Waals surface area contributed by atoms with Gasteiger partial charge in [0.05, 0.1) is 12.4 Å². The Labute approximate surface area is 254 Å². The maximum absolute atomic E-state index is 12.6. The summed E-state index contributed by atoms with van der Waals surface area (Å²) in [6.45, 7) is 7.08. The molecule has 2 aliphatic heterocycles. The smallest absolute Gasteiger partial charge is 0.410 e. The number of nitrogens with zero attached hydrogens (tertiary/aromatic N) is 6. The average Bonchev–Trinajstić information content (AvgIpc) is 3.58. The summed E-state index contributed by atoms with van der Waals surface area (Å²) >= 11 is 0. The Balaban J connectivity index is 0.000000240. The van der Waals surface area contributed by atoms with Crippen molar-refractivity contribution in [1.82, 2.24) is 29.4 Å². The molecule has 0 unspecified atom stereocenters. The number of ether oxygens (including phenoxy) is 2. The number of alkyl halides is 4. The molecule has 2 aromatic heterocycles. The predicted molar refractivity (Wildman–Crippen MR) is 153 cm³/mol. The third-order valence-corrected chi connectivity index (χ3v) is 7.14. The number of nitrogens with two attached hydrogens (primary N) is 2. The van der Waals surface area contributed by atoms with Crippen LogP contribution in [0.15, 0.2) is 24.8 Å². The molecule has 4 N–H and O–H groups in total. The lowest BCUT2D eigenvalue weighted by atomic mass is 9.88. The number of piperidine rings is 2. The maximum Gasteiger partial charge on any atom is 0.410 e. The fourth-order valence-corrected chi connectivity index (χ4v) is 4.93. The van der Waals surface area contributed by atoms with Crippen LogP contribution in [0.1, 0.15) is 90.4 Å². The largest absolute Gasteiger partial charge is 0.444 e. The molecule has 4 heterocycles. The van der Waals surface area contributed by atoms with E-state index in [9.17, 15) is 27.2 Å². The molecule has 0 aliphatic carbocycles. The van der Waals surface area contributed by atoms with Crippen LogP contribution in [0.5, 0.6) is 0 Å². The molecule has 248 valence electrons. The minimum absolute atomic E-state index is 0.200. The van der Waals surface area contributed by atoms with Crippen LogP contribution in [0, 0.1) is 0 Å². The minimum atomic E-state index is -2.68. The van der Waals surface area contributed by atoms with E-state index in [0.29, 0.717) is 59.5 Å². The van der Waals surface area contributed by atoms with Crippen LogP contribution in [0.25, 0.3) is 0 Å². The number of likely N-dealkylation sites (tertiary alicyclic amines) is 2. The first kappa shape index (κ1) is 35.1. The Morgan fingerprint density at radius 1 is 0.750 bits per heavy atom. The van der Waals surface area contributed by atoms with Gasteiger partial charge in [0.25, 0.3) is 0 Å². The van der Waals surface area contributed by atoms with E-state index in [0.717, 1.165) is 0 Å². The van der Waals surface area contributed by atoms with E-state index in [1.807, 2.05) is 0 Å². The standard InChI is InChI=1S/2C14H22F2N4O2/c2*1-14(2,3)22-13(21)19-5-4-11(17)10(8-19)9-6-18-20(7-9)12(15)16/h2*6-7,10-12H,4-5,8,17H2,1-3H3/t2*10-,11+/m10/s1. The predicted octanol–water partition coefficient (Wildman–Crippen LogP) is 4.66. The zero-order valence-electron chi connectivity index (χ0n) is 26.0. The summed E-state index contributed by atoms with van der Waals surface area (Å²) in [5.74, 6) is -0.456. The topological polar surface area (TPSA) is 147 Å². The highest BCUT2D eigenvalue weighted by atomic mass is 19.3. The van der Waals surface area contributed by atoms with Gasteiger partial charge < -0.3 is 30.7 Å². The molecule has 0 spiro atoms. The van der Waals surface area contributed by atoms with Gasteiger partial charge in [-0.25, -0.2) is 19.0 Å². The van der Waals surface area contributed by atoms with Gasteiger partial charge in [-0.15, -0.1) is 0 Å². The Kier molecular flexibility index (Phi) is 11.3. The number of aromatic nitrogens is 4. The zero-order valence-corrected chi connectivity index (χ0v) is 26.0. The molecule has 2 amide bonds. The number of halogens is 4. The summed E-state index contributed by atoms with van der Waals surface area (Å²) in [5, 5.41) is 7.26. The summed E-state index contributed by atoms with van der Waals surface area (Å²) in [6, 6.07) is -0.400. The summed E-state index contributed by atoms with van der Waals surface area (Å²) < 4.78 is 62.4. The SMILES string of the molecule is CC(C)(C)OC(=O)N1CC[C@@H](N)[C@H](c2cnn(C(F)F)c2)C1.CC(C)(C)OC(=O)N1CC[C@H](N)[C@@H](c2cnn(C(F)F)c2)C1. The lowest BCUT2D eigenvalue weighted by Crippen LogP contribution is -2.49. The summed E-state index contributed by atoms with van der Waals surface area (Å²) in [5.41, 5.74) is 12.2. The summed E-state index contributed by atoms with van der Waals surface area (Å²) in [6.07, 6.45) is 5.69. The Morgan fingerprint density at radius 3 is 1.36 bits per heavy atom. The van der Waals surface area contributed by atoms with Crippen LogP contribution < -0.4 is 11.5 Å². The van der Waals surface area contributed by atoms with E-state index >= 15 is 0 Å². The third kappa shape index (κ3) is 9.81. The summed E-state index contributed by atoms with van der Waals surface area (Å²) in [7, 11) is 0. The molecule has 12 nitrogen and oxygen atoms in total. The molecule has 44 heavy (non-hydrogen) atoms. The molecular formula is C28H44F4N8O4. The van der Waals surface area contributed by atoms with Crippen LogP contribution in [0.3, 0.4) is 0 Å². The van der Waals surface area contributed by atoms with Crippen LogP contribution in [0.4, 0.5) is 27.2 Å². The third-order valence-electron chi connectivity index (χ3n) is 7.14. The number of carbonyl (C=O) groups excluding carboxylic acids is 2. The Morgan fingerprint density at radius 2 is 1.09 bits per heavy atom. The van der Waals surface area contributed by atoms with E-state index in [4.69, 9.17) is 20.9 Å². The second-order valence-corrected chi connectivity index (χ2v) is 13.0. The molecular weight excluding hydrogens is 588 g/mol. The molecule has 0 aromatic carbocycles. The quantitative estimate of drug-likeness (QED) is 0.463. The second kappa shape index (κ2) is 14.1. The molecule has 0 radical (unpaired) electrons. The normalized spacial score (nSPS) is 23.0. The first-order valence-corrected chi connectivity index (χ1v) is 14.5. The van der Waals surface area contributed by atoms with Crippen molar-refractivity contribution in [3.8, 4) is 0 Å². The fourth-order valence-electron chi connectivity index (χ4n) is 4.93. The lowest BCUT2D eigenvalue weighted by Gasteiger charge is -2.37. The molecule has 0 saturated carbocycles. The van der Waals surface area contributed by atoms with Gasteiger partial charge >= 0.3 is 25.3 Å². The molecule has 4 atom stereocenters. The number of hydrogen-bond acceptors (Lipinski definition) is 8. The number of carbonyl (C=O) groups is 2. The van der Waals surface area contributed by atoms with Crippen molar-refractivity contribution < 1.29 is 36.6 Å². The van der Waals surface area contributed by atoms with Gasteiger partial charge in [-0.2, -0.15) is 27.8 Å². The van der Waals surface area contributed by atoms with Gasteiger partial charge in [0.2, 0.25) is 0 Å². The highest BCUT2D eigenvalue weighted by molar-refractivity contribution is 5.69. The Hall–Kier alpha value is -3.40. The fraction of sp³-hybridized carbons (Fsp3) is 0.714. The van der Waals surface area contributed by atoms with Crippen molar-refractivity contribution in [2.45, 2.75) is 103 Å². The molecule has 16 heteroatoms. The van der Waals surface area contributed by atoms with Gasteiger partial charge in [-0.05, 0) is 65.5 Å². The van der Waals surface area contributed by atoms with Crippen LogP contribution in [-0.2, 0) is 9.47 Å². The first-order chi connectivity index (χ1) is 20.3. The van der Waals surface area contributed by atoms with E-state index in [2.05, 4.69) is 10.2 Å². The van der Waals surface area contributed by atoms with Gasteiger partial charge in [0, 0.05) is 62.5 Å². The van der Waals surface area contributed by atoms with Crippen LogP contribution in [-0.4, -0.2) is 91.0 Å². The molecule has 4 rings (SSSR count). The number of rotatable bonds is 4. The molecule has 2 aliphatic rings. The van der Waals surface area contributed by atoms with E-state index in [1.54, 1.807) is 51.3 Å². The van der Waals surface area contributed by atoms with Crippen molar-refractivity contribution in [2.24, 2.45) is 11.5 Å². The van der Waals surface area contributed by atoms with Crippen molar-refractivity contribution in [3.63, 3.8) is 0 Å². The average molecular weight is 633 g/mol. The van der Waals surface area contributed by atoms with Gasteiger partial charge in [0.1, 0.15) is 11.2 Å². The highest BCUT2D eigenvalue weighted by Gasteiger charge is 2.35. The number of amides is 2. The van der Waals surface area contributed by atoms with Crippen LogP contribution in [0.2, 0.25) is 0 Å². The number of hydrogen-bond donors (Lipinski definition) is 2. The van der Waals surface area contributed by atoms with Crippen molar-refractivity contribution in [2.75, 3.05) is 26.2 Å².